The van der Waals surface area contributed by atoms with Gasteiger partial charge >= 0.3 is 6.03 Å². The number of methoxy groups -OCH3 is 1. The highest BCUT2D eigenvalue weighted by atomic mass is 16.5. The number of benzene rings is 2. The Labute approximate surface area is 283 Å². The lowest BCUT2D eigenvalue weighted by molar-refractivity contribution is -0.120. The number of likely N-dealkylation sites (tertiary alicyclic amines) is 1. The summed E-state index contributed by atoms with van der Waals surface area (Å²) in [5.74, 6) is 0.851. The number of anilines is 1. The van der Waals surface area contributed by atoms with Crippen molar-refractivity contribution in [2.24, 2.45) is 0 Å². The maximum atomic E-state index is 13.4. The van der Waals surface area contributed by atoms with Gasteiger partial charge in [-0.25, -0.2) is 4.79 Å². The van der Waals surface area contributed by atoms with Gasteiger partial charge in [0.25, 0.3) is 11.5 Å². The second-order valence-electron chi connectivity index (χ2n) is 12.8. The number of aromatic nitrogens is 2. The van der Waals surface area contributed by atoms with E-state index in [0.29, 0.717) is 35.5 Å². The Morgan fingerprint density at radius 2 is 1.59 bits per heavy atom. The predicted molar refractivity (Wildman–Crippen MR) is 183 cm³/mol. The highest BCUT2D eigenvalue weighted by Gasteiger charge is 2.31. The highest BCUT2D eigenvalue weighted by molar-refractivity contribution is 6.07. The number of H-pyrrole nitrogens is 1. The molecule has 2 aromatic carbocycles. The van der Waals surface area contributed by atoms with Gasteiger partial charge in [-0.05, 0) is 85.9 Å². The van der Waals surface area contributed by atoms with Crippen molar-refractivity contribution < 1.29 is 28.6 Å². The van der Waals surface area contributed by atoms with Crippen molar-refractivity contribution in [3.8, 4) is 22.6 Å². The maximum Gasteiger partial charge on any atom is 0.328 e. The Kier molecular flexibility index (Phi) is 9.30. The lowest BCUT2D eigenvalue weighted by atomic mass is 9.94. The average molecular weight is 666 g/mol. The third kappa shape index (κ3) is 7.00. The summed E-state index contributed by atoms with van der Waals surface area (Å²) < 4.78 is 18.3. The van der Waals surface area contributed by atoms with E-state index in [4.69, 9.17) is 14.2 Å². The monoisotopic (exact) mass is 665 g/mol. The summed E-state index contributed by atoms with van der Waals surface area (Å²) in [6.07, 6.45) is 10.8. The van der Waals surface area contributed by atoms with Crippen LogP contribution >= 0.6 is 0 Å². The maximum absolute atomic E-state index is 13.4. The average Bonchev–Trinajstić information content (AvgIpc) is 3.13. The van der Waals surface area contributed by atoms with Crippen LogP contribution in [0.5, 0.6) is 11.5 Å². The van der Waals surface area contributed by atoms with E-state index in [1.807, 2.05) is 35.2 Å². The van der Waals surface area contributed by atoms with Crippen molar-refractivity contribution in [2.75, 3.05) is 31.6 Å². The molecule has 12 nitrogen and oxygen atoms in total. The molecule has 254 valence electrons. The molecule has 2 aliphatic heterocycles. The molecule has 2 aromatic heterocycles. The predicted octanol–water partition coefficient (Wildman–Crippen LogP) is 5.06. The van der Waals surface area contributed by atoms with Crippen molar-refractivity contribution in [1.82, 2.24) is 20.2 Å². The number of ether oxygens (including phenoxy) is 3. The summed E-state index contributed by atoms with van der Waals surface area (Å²) in [5, 5.41) is 3.74. The van der Waals surface area contributed by atoms with Crippen molar-refractivity contribution >= 4 is 34.3 Å². The van der Waals surface area contributed by atoms with E-state index in [1.54, 1.807) is 36.8 Å². The molecule has 4 amide bonds. The van der Waals surface area contributed by atoms with Crippen LogP contribution in [0.4, 0.5) is 10.5 Å². The fourth-order valence-corrected chi connectivity index (χ4v) is 7.01. The lowest BCUT2D eigenvalue weighted by Gasteiger charge is -2.36. The zero-order valence-electron chi connectivity index (χ0n) is 27.4. The van der Waals surface area contributed by atoms with Gasteiger partial charge < -0.3 is 24.1 Å². The molecule has 0 radical (unpaired) electrons. The first-order valence-corrected chi connectivity index (χ1v) is 16.8. The number of hydrogen-bond donors (Lipinski definition) is 2. The molecule has 12 heteroatoms. The Hall–Kier alpha value is -5.23. The Bertz CT molecular complexity index is 1910. The first-order valence-electron chi connectivity index (χ1n) is 16.8. The molecule has 1 aliphatic carbocycles. The minimum atomic E-state index is -0.525. The van der Waals surface area contributed by atoms with E-state index in [-0.39, 0.29) is 48.7 Å². The van der Waals surface area contributed by atoms with Gasteiger partial charge in [0.05, 0.1) is 36.5 Å². The normalized spacial score (nSPS) is 20.3. The topological polar surface area (TPSA) is 143 Å². The molecule has 0 bridgehead atoms. The van der Waals surface area contributed by atoms with Crippen molar-refractivity contribution in [2.45, 2.75) is 63.3 Å². The van der Waals surface area contributed by atoms with Crippen molar-refractivity contribution in [3.63, 3.8) is 0 Å². The SMILES string of the molecule is COc1ccc(C(=O)N2CCC(O[C@H]3CC[C@@H](Oc4ccc(-c5c[nH]c(=O)c6cnccc56)cc4)CC3)CC2)cc1N1CCC(=O)NC1=O. The molecule has 4 heterocycles. The molecule has 3 aliphatic rings. The Morgan fingerprint density at radius 1 is 0.857 bits per heavy atom. The summed E-state index contributed by atoms with van der Waals surface area (Å²) in [6.45, 7) is 1.39. The fraction of sp³-hybridized carbons (Fsp3) is 0.378. The van der Waals surface area contributed by atoms with Gasteiger partial charge in [0, 0.05) is 55.8 Å². The summed E-state index contributed by atoms with van der Waals surface area (Å²) in [6, 6.07) is 14.4. The lowest BCUT2D eigenvalue weighted by Crippen LogP contribution is -2.49. The highest BCUT2D eigenvalue weighted by Crippen LogP contribution is 2.33. The van der Waals surface area contributed by atoms with Gasteiger partial charge in [0.1, 0.15) is 11.5 Å². The van der Waals surface area contributed by atoms with Crippen molar-refractivity contribution in [3.05, 3.63) is 83.0 Å². The van der Waals surface area contributed by atoms with Crippen LogP contribution < -0.4 is 25.2 Å². The first-order chi connectivity index (χ1) is 23.9. The van der Waals surface area contributed by atoms with Crippen LogP contribution in [0.1, 0.15) is 55.3 Å². The number of hydrogen-bond acceptors (Lipinski definition) is 8. The number of carbonyl (C=O) groups excluding carboxylic acids is 3. The van der Waals surface area contributed by atoms with Gasteiger partial charge in [-0.2, -0.15) is 0 Å². The van der Waals surface area contributed by atoms with Crippen molar-refractivity contribution in [1.29, 1.82) is 0 Å². The van der Waals surface area contributed by atoms with Crippen LogP contribution in [0.3, 0.4) is 0 Å². The molecule has 2 N–H and O–H groups in total. The van der Waals surface area contributed by atoms with Gasteiger partial charge in [-0.15, -0.1) is 0 Å². The standard InChI is InChI=1S/C37H39N5O7/c1-47-33-11-4-24(20-32(33)42-19-15-34(43)40-37(42)46)36(45)41-17-13-28(14-18-41)49-27-9-7-26(8-10-27)48-25-5-2-23(3-6-25)30-22-39-35(44)31-21-38-16-12-29(30)31/h2-6,11-12,16,20-22,26-28H,7-10,13-15,17-19H2,1H3,(H,39,44)(H,40,43,46)/t26-,27+. The van der Waals surface area contributed by atoms with E-state index in [9.17, 15) is 19.2 Å². The smallest absolute Gasteiger partial charge is 0.328 e. The molecule has 0 unspecified atom stereocenters. The number of aromatic amines is 1. The fourth-order valence-electron chi connectivity index (χ4n) is 7.01. The van der Waals surface area contributed by atoms with Gasteiger partial charge in [0.15, 0.2) is 0 Å². The van der Waals surface area contributed by atoms with Crippen LogP contribution in [-0.2, 0) is 9.53 Å². The number of fused-ring (bicyclic) bond motifs is 1. The molecular weight excluding hydrogens is 626 g/mol. The molecule has 3 fully saturated rings. The molecule has 1 saturated carbocycles. The number of imide groups is 1. The third-order valence-electron chi connectivity index (χ3n) is 9.68. The first kappa shape index (κ1) is 32.3. The molecule has 0 atom stereocenters. The molecular formula is C37H39N5O7. The number of urea groups is 1. The molecule has 2 saturated heterocycles. The van der Waals surface area contributed by atoms with Crippen LogP contribution in [0, 0.1) is 0 Å². The number of amides is 4. The van der Waals surface area contributed by atoms with E-state index in [0.717, 1.165) is 60.8 Å². The van der Waals surface area contributed by atoms with Gasteiger partial charge in [-0.3, -0.25) is 29.6 Å². The van der Waals surface area contributed by atoms with E-state index in [2.05, 4.69) is 15.3 Å². The van der Waals surface area contributed by atoms with E-state index >= 15 is 0 Å². The summed E-state index contributed by atoms with van der Waals surface area (Å²) >= 11 is 0. The second kappa shape index (κ2) is 14.1. The zero-order chi connectivity index (χ0) is 33.9. The number of pyridine rings is 2. The van der Waals surface area contributed by atoms with Crippen LogP contribution in [0.25, 0.3) is 21.9 Å². The summed E-state index contributed by atoms with van der Waals surface area (Å²) in [4.78, 5) is 59.9. The van der Waals surface area contributed by atoms with E-state index in [1.165, 1.54) is 12.0 Å². The number of nitrogens with one attached hydrogen (secondary N) is 2. The second-order valence-corrected chi connectivity index (χ2v) is 12.8. The molecule has 7 rings (SSSR count). The molecule has 4 aromatic rings. The minimum absolute atomic E-state index is 0.0971. The van der Waals surface area contributed by atoms with Gasteiger partial charge in [0.2, 0.25) is 5.91 Å². The van der Waals surface area contributed by atoms with E-state index < -0.39 is 6.03 Å². The Morgan fingerprint density at radius 3 is 2.33 bits per heavy atom. The quantitative estimate of drug-likeness (QED) is 0.266. The number of rotatable bonds is 8. The van der Waals surface area contributed by atoms with Crippen LogP contribution in [0.2, 0.25) is 0 Å². The zero-order valence-corrected chi connectivity index (χ0v) is 27.4. The molecule has 0 spiro atoms. The number of piperidine rings is 1. The number of nitrogens with zero attached hydrogens (tertiary/aromatic N) is 3. The van der Waals surface area contributed by atoms with Crippen LogP contribution in [0.15, 0.2) is 71.9 Å². The Balaban J connectivity index is 0.881. The number of carbonyl (C=O) groups is 3. The summed E-state index contributed by atoms with van der Waals surface area (Å²) in [7, 11) is 1.51. The third-order valence-corrected chi connectivity index (χ3v) is 9.68. The summed E-state index contributed by atoms with van der Waals surface area (Å²) in [5.41, 5.74) is 2.71. The van der Waals surface area contributed by atoms with Gasteiger partial charge in [-0.1, -0.05) is 12.1 Å². The van der Waals surface area contributed by atoms with Crippen LogP contribution in [-0.4, -0.2) is 77.8 Å². The minimum Gasteiger partial charge on any atom is -0.495 e. The molecule has 49 heavy (non-hydrogen) atoms. The largest absolute Gasteiger partial charge is 0.495 e.